The molecule has 0 aromatic heterocycles. The lowest BCUT2D eigenvalue weighted by Gasteiger charge is -2.48. The first kappa shape index (κ1) is 26.5. The van der Waals surface area contributed by atoms with Crippen molar-refractivity contribution in [3.05, 3.63) is 121 Å². The molecule has 1 unspecified atom stereocenters. The molecule has 4 amide bonds. The highest BCUT2D eigenvalue weighted by atomic mass is 16.4. The Morgan fingerprint density at radius 1 is 0.600 bits per heavy atom. The molecule has 1 N–H and O–H groups in total. The molecule has 202 valence electrons. The second kappa shape index (κ2) is 11.3. The number of hydrogen-bond acceptors (Lipinski definition) is 3. The van der Waals surface area contributed by atoms with Gasteiger partial charge in [0.15, 0.2) is 5.54 Å². The van der Waals surface area contributed by atoms with E-state index in [0.29, 0.717) is 22.7 Å². The Balaban J connectivity index is 1.48. The number of para-hydroxylation sites is 4. The van der Waals surface area contributed by atoms with Crippen molar-refractivity contribution in [2.24, 2.45) is 0 Å². The van der Waals surface area contributed by atoms with Gasteiger partial charge in [0.05, 0.1) is 29.3 Å². The molecule has 40 heavy (non-hydrogen) atoms. The van der Waals surface area contributed by atoms with Crippen molar-refractivity contribution in [3.63, 3.8) is 0 Å². The Kier molecular flexibility index (Phi) is 7.50. The molecule has 1 fully saturated rings. The smallest absolute Gasteiger partial charge is 0.331 e. The van der Waals surface area contributed by atoms with Crippen LogP contribution in [0.25, 0.3) is 0 Å². The molecule has 1 heterocycles. The summed E-state index contributed by atoms with van der Waals surface area (Å²) in [5.74, 6) is -1.19. The summed E-state index contributed by atoms with van der Waals surface area (Å²) in [5, 5.41) is 10.4. The second-order valence-corrected chi connectivity index (χ2v) is 9.73. The van der Waals surface area contributed by atoms with E-state index >= 15 is 0 Å². The quantitative estimate of drug-likeness (QED) is 0.323. The minimum absolute atomic E-state index is 0.0426. The molecule has 0 saturated carbocycles. The minimum atomic E-state index is -1.67. The molecule has 0 spiro atoms. The highest BCUT2D eigenvalue weighted by Crippen LogP contribution is 2.33. The number of benzene rings is 4. The Bertz CT molecular complexity index is 1390. The van der Waals surface area contributed by atoms with Gasteiger partial charge in [-0.25, -0.2) is 14.4 Å². The molecule has 4 aromatic rings. The lowest BCUT2D eigenvalue weighted by atomic mass is 9.96. The molecule has 8 nitrogen and oxygen atoms in total. The summed E-state index contributed by atoms with van der Waals surface area (Å²) in [7, 11) is 0. The van der Waals surface area contributed by atoms with Crippen LogP contribution in [-0.4, -0.2) is 58.1 Å². The van der Waals surface area contributed by atoms with Crippen molar-refractivity contribution >= 4 is 40.8 Å². The molecule has 0 aliphatic carbocycles. The van der Waals surface area contributed by atoms with Crippen LogP contribution in [0.15, 0.2) is 121 Å². The van der Waals surface area contributed by atoms with Crippen LogP contribution in [0.2, 0.25) is 0 Å². The van der Waals surface area contributed by atoms with E-state index in [2.05, 4.69) is 0 Å². The zero-order valence-corrected chi connectivity index (χ0v) is 22.1. The normalized spacial score (nSPS) is 16.7. The maximum atomic E-state index is 14.1. The Labute approximate surface area is 233 Å². The largest absolute Gasteiger partial charge is 0.479 e. The third kappa shape index (κ3) is 5.11. The van der Waals surface area contributed by atoms with Gasteiger partial charge in [-0.3, -0.25) is 9.80 Å². The monoisotopic (exact) mass is 534 g/mol. The number of amides is 4. The van der Waals surface area contributed by atoms with E-state index in [9.17, 15) is 19.5 Å². The fraction of sp³-hybridized carbons (Fsp3) is 0.156. The number of nitrogens with zero attached hydrogens (tertiary/aromatic N) is 4. The SMILES string of the molecule is CC1(C(=O)O)CN(C(=O)N(c2ccccc2)c2ccccc2)CCN1C(=O)N(c1ccccc1)c1ccccc1. The second-order valence-electron chi connectivity index (χ2n) is 9.73. The van der Waals surface area contributed by atoms with Crippen molar-refractivity contribution in [2.75, 3.05) is 29.4 Å². The number of urea groups is 2. The summed E-state index contributed by atoms with van der Waals surface area (Å²) in [6.45, 7) is 1.53. The Hall–Kier alpha value is -5.11. The fourth-order valence-corrected chi connectivity index (χ4v) is 4.97. The van der Waals surface area contributed by atoms with E-state index < -0.39 is 17.5 Å². The van der Waals surface area contributed by atoms with E-state index in [4.69, 9.17) is 0 Å². The molecule has 0 bridgehead atoms. The van der Waals surface area contributed by atoms with Gasteiger partial charge in [0.1, 0.15) is 0 Å². The van der Waals surface area contributed by atoms with Crippen LogP contribution in [0, 0.1) is 0 Å². The number of carboxylic acid groups (broad SMARTS) is 1. The number of piperazine rings is 1. The van der Waals surface area contributed by atoms with Gasteiger partial charge in [-0.1, -0.05) is 72.8 Å². The molecule has 1 atom stereocenters. The van der Waals surface area contributed by atoms with Crippen LogP contribution in [0.3, 0.4) is 0 Å². The first-order valence-electron chi connectivity index (χ1n) is 13.0. The first-order valence-corrected chi connectivity index (χ1v) is 13.0. The summed E-state index contributed by atoms with van der Waals surface area (Å²) in [5.41, 5.74) is 0.877. The molecule has 0 radical (unpaired) electrons. The number of aliphatic carboxylic acids is 1. The molecule has 1 saturated heterocycles. The van der Waals surface area contributed by atoms with Gasteiger partial charge in [-0.15, -0.1) is 0 Å². The third-order valence-corrected chi connectivity index (χ3v) is 7.09. The average Bonchev–Trinajstić information content (AvgIpc) is 2.99. The van der Waals surface area contributed by atoms with Gasteiger partial charge in [0, 0.05) is 13.1 Å². The maximum Gasteiger partial charge on any atom is 0.331 e. The molecule has 4 aromatic carbocycles. The number of hydrogen-bond donors (Lipinski definition) is 1. The van der Waals surface area contributed by atoms with Gasteiger partial charge in [0.25, 0.3) is 0 Å². The molecule has 1 aliphatic heterocycles. The van der Waals surface area contributed by atoms with Crippen LogP contribution in [0.5, 0.6) is 0 Å². The molecular weight excluding hydrogens is 504 g/mol. The van der Waals surface area contributed by atoms with Gasteiger partial charge in [0.2, 0.25) is 0 Å². The number of carbonyl (C=O) groups is 3. The van der Waals surface area contributed by atoms with Crippen LogP contribution >= 0.6 is 0 Å². The molecule has 8 heteroatoms. The summed E-state index contributed by atoms with van der Waals surface area (Å²) in [6, 6.07) is 35.9. The lowest BCUT2D eigenvalue weighted by Crippen LogP contribution is -2.69. The number of carbonyl (C=O) groups excluding carboxylic acids is 2. The van der Waals surface area contributed by atoms with Crippen molar-refractivity contribution in [3.8, 4) is 0 Å². The maximum absolute atomic E-state index is 14.1. The Morgan fingerprint density at radius 2 is 0.950 bits per heavy atom. The van der Waals surface area contributed by atoms with E-state index in [1.54, 1.807) is 29.2 Å². The predicted molar refractivity (Wildman–Crippen MR) is 155 cm³/mol. The van der Waals surface area contributed by atoms with E-state index in [1.807, 2.05) is 97.1 Å². The van der Waals surface area contributed by atoms with Crippen molar-refractivity contribution in [2.45, 2.75) is 12.5 Å². The fourth-order valence-electron chi connectivity index (χ4n) is 4.97. The van der Waals surface area contributed by atoms with Crippen LogP contribution < -0.4 is 9.80 Å². The summed E-state index contributed by atoms with van der Waals surface area (Å²) in [4.78, 5) is 46.9. The van der Waals surface area contributed by atoms with Crippen LogP contribution in [0.1, 0.15) is 6.92 Å². The van der Waals surface area contributed by atoms with Gasteiger partial charge < -0.3 is 14.9 Å². The summed E-state index contributed by atoms with van der Waals surface area (Å²) >= 11 is 0. The Morgan fingerprint density at radius 3 is 1.30 bits per heavy atom. The third-order valence-electron chi connectivity index (χ3n) is 7.09. The van der Waals surface area contributed by atoms with Gasteiger partial charge in [-0.2, -0.15) is 0 Å². The summed E-state index contributed by atoms with van der Waals surface area (Å²) in [6.07, 6.45) is 0. The molecule has 1 aliphatic rings. The summed E-state index contributed by atoms with van der Waals surface area (Å²) < 4.78 is 0. The minimum Gasteiger partial charge on any atom is -0.479 e. The van der Waals surface area contributed by atoms with Crippen molar-refractivity contribution in [1.82, 2.24) is 9.80 Å². The first-order chi connectivity index (χ1) is 19.4. The van der Waals surface area contributed by atoms with E-state index in [0.717, 1.165) is 0 Å². The van der Waals surface area contributed by atoms with E-state index in [-0.39, 0.29) is 25.7 Å². The van der Waals surface area contributed by atoms with Crippen LogP contribution in [-0.2, 0) is 4.79 Å². The predicted octanol–water partition coefficient (Wildman–Crippen LogP) is 6.36. The standard InChI is InChI=1S/C32H30N4O4/c1-32(29(37)38)24-33(30(39)35(25-14-6-2-7-15-25)26-16-8-3-9-17-26)22-23-34(32)31(40)36(27-18-10-4-11-19-27)28-20-12-5-13-21-28/h2-21H,22-24H2,1H3,(H,37,38). The lowest BCUT2D eigenvalue weighted by molar-refractivity contribution is -0.151. The zero-order chi connectivity index (χ0) is 28.1. The van der Waals surface area contributed by atoms with Gasteiger partial charge >= 0.3 is 18.0 Å². The van der Waals surface area contributed by atoms with E-state index in [1.165, 1.54) is 21.6 Å². The molecule has 5 rings (SSSR count). The zero-order valence-electron chi connectivity index (χ0n) is 22.1. The van der Waals surface area contributed by atoms with Gasteiger partial charge in [-0.05, 0) is 55.5 Å². The van der Waals surface area contributed by atoms with Crippen molar-refractivity contribution < 1.29 is 19.5 Å². The average molecular weight is 535 g/mol. The number of rotatable bonds is 5. The highest BCUT2D eigenvalue weighted by Gasteiger charge is 2.49. The molecular formula is C32H30N4O4. The topological polar surface area (TPSA) is 84.4 Å². The number of anilines is 4. The number of carboxylic acids is 1. The van der Waals surface area contributed by atoms with Crippen molar-refractivity contribution in [1.29, 1.82) is 0 Å². The van der Waals surface area contributed by atoms with Crippen LogP contribution in [0.4, 0.5) is 32.3 Å². The highest BCUT2D eigenvalue weighted by molar-refractivity contribution is 6.03.